The van der Waals surface area contributed by atoms with Crippen molar-refractivity contribution in [3.05, 3.63) is 82.5 Å². The number of halogens is 1. The van der Waals surface area contributed by atoms with Gasteiger partial charge in [-0.25, -0.2) is 9.37 Å². The first kappa shape index (κ1) is 18.1. The summed E-state index contributed by atoms with van der Waals surface area (Å²) < 4.78 is 13.0. The van der Waals surface area contributed by atoms with Gasteiger partial charge in [-0.1, -0.05) is 42.0 Å². The lowest BCUT2D eigenvalue weighted by atomic mass is 10.1. The van der Waals surface area contributed by atoms with E-state index < -0.39 is 0 Å². The average Bonchev–Trinajstić information content (AvgIpc) is 3.04. The maximum absolute atomic E-state index is 13.0. The number of rotatable bonds is 4. The average molecular weight is 391 g/mol. The van der Waals surface area contributed by atoms with Gasteiger partial charge in [-0.15, -0.1) is 11.3 Å². The molecule has 2 aromatic carbocycles. The van der Waals surface area contributed by atoms with Crippen LogP contribution in [0.4, 0.5) is 10.1 Å². The molecule has 0 fully saturated rings. The minimum atomic E-state index is -0.306. The van der Waals surface area contributed by atoms with E-state index in [0.29, 0.717) is 17.1 Å². The van der Waals surface area contributed by atoms with Gasteiger partial charge >= 0.3 is 0 Å². The number of anilines is 1. The molecule has 4 nitrogen and oxygen atoms in total. The van der Waals surface area contributed by atoms with Crippen LogP contribution in [0.3, 0.4) is 0 Å². The van der Waals surface area contributed by atoms with E-state index in [9.17, 15) is 9.18 Å². The van der Waals surface area contributed by atoms with Crippen LogP contribution in [0.2, 0.25) is 0 Å². The number of hydrogen-bond acceptors (Lipinski definition) is 4. The number of benzene rings is 2. The number of aryl methyl sites for hydroxylation is 1. The summed E-state index contributed by atoms with van der Waals surface area (Å²) >= 11 is 1.27. The second kappa shape index (κ2) is 7.40. The number of nitrogen functional groups attached to an aromatic ring is 1. The Morgan fingerprint density at radius 2 is 1.79 bits per heavy atom. The van der Waals surface area contributed by atoms with Crippen LogP contribution in [0.1, 0.15) is 20.8 Å². The van der Waals surface area contributed by atoms with Gasteiger partial charge in [-0.05, 0) is 36.8 Å². The molecule has 28 heavy (non-hydrogen) atoms. The number of carbonyl (C=O) groups is 1. The molecule has 0 unspecified atom stereocenters. The maximum Gasteiger partial charge on any atom is 0.263 e. The predicted molar refractivity (Wildman–Crippen MR) is 112 cm³/mol. The molecule has 0 atom stereocenters. The third-order valence-electron chi connectivity index (χ3n) is 4.51. The van der Waals surface area contributed by atoms with Gasteiger partial charge in [0, 0.05) is 17.5 Å². The monoisotopic (exact) mass is 391 g/mol. The Morgan fingerprint density at radius 1 is 1.07 bits per heavy atom. The molecule has 0 spiro atoms. The summed E-state index contributed by atoms with van der Waals surface area (Å²) in [7, 11) is 0. The van der Waals surface area contributed by atoms with Crippen LogP contribution in [0, 0.1) is 12.7 Å². The first-order chi connectivity index (χ1) is 13.5. The lowest BCUT2D eigenvalue weighted by molar-refractivity contribution is 0.0956. The van der Waals surface area contributed by atoms with Gasteiger partial charge in [0.2, 0.25) is 0 Å². The van der Waals surface area contributed by atoms with Gasteiger partial charge in [0.1, 0.15) is 15.5 Å². The number of fused-ring (bicyclic) bond motifs is 1. The minimum Gasteiger partial charge on any atom is -0.397 e. The van der Waals surface area contributed by atoms with Gasteiger partial charge in [0.15, 0.2) is 0 Å². The van der Waals surface area contributed by atoms with E-state index >= 15 is 0 Å². The lowest BCUT2D eigenvalue weighted by Gasteiger charge is -2.04. The topological polar surface area (TPSA) is 68.0 Å². The van der Waals surface area contributed by atoms with Crippen LogP contribution in [0.15, 0.2) is 60.7 Å². The Bertz CT molecular complexity index is 1150. The van der Waals surface area contributed by atoms with Gasteiger partial charge < -0.3 is 11.1 Å². The number of aromatic nitrogens is 1. The zero-order valence-electron chi connectivity index (χ0n) is 15.2. The normalized spacial score (nSPS) is 10.9. The molecule has 4 rings (SSSR count). The predicted octanol–water partition coefficient (Wildman–Crippen LogP) is 4.92. The molecule has 6 heteroatoms. The number of nitrogens with two attached hydrogens (primary N) is 1. The van der Waals surface area contributed by atoms with Crippen molar-refractivity contribution in [3.8, 4) is 11.3 Å². The summed E-state index contributed by atoms with van der Waals surface area (Å²) in [4.78, 5) is 18.4. The summed E-state index contributed by atoms with van der Waals surface area (Å²) in [6, 6.07) is 18.0. The highest BCUT2D eigenvalue weighted by Crippen LogP contribution is 2.34. The molecule has 0 aliphatic rings. The molecular formula is C22H18FN3OS. The van der Waals surface area contributed by atoms with Crippen molar-refractivity contribution in [1.29, 1.82) is 0 Å². The molecule has 4 aromatic rings. The fraction of sp³-hybridized carbons (Fsp3) is 0.0909. The van der Waals surface area contributed by atoms with Crippen molar-refractivity contribution in [3.63, 3.8) is 0 Å². The number of hydrogen-bond donors (Lipinski definition) is 2. The van der Waals surface area contributed by atoms with E-state index in [1.165, 1.54) is 29.0 Å². The first-order valence-corrected chi connectivity index (χ1v) is 9.61. The van der Waals surface area contributed by atoms with Crippen molar-refractivity contribution in [2.24, 2.45) is 0 Å². The van der Waals surface area contributed by atoms with Crippen molar-refractivity contribution in [2.45, 2.75) is 13.5 Å². The minimum absolute atomic E-state index is 0.262. The number of pyridine rings is 1. The standard InChI is InChI=1S/C22H18FN3OS/c1-13-2-6-15(7-3-13)18-11-10-17-19(24)20(28-22(17)26-18)21(27)25-12-14-4-8-16(23)9-5-14/h2-11H,12,24H2,1H3,(H,25,27). The van der Waals surface area contributed by atoms with Crippen LogP contribution in [-0.2, 0) is 6.54 Å². The van der Waals surface area contributed by atoms with E-state index in [1.54, 1.807) is 12.1 Å². The zero-order valence-corrected chi connectivity index (χ0v) is 16.0. The third-order valence-corrected chi connectivity index (χ3v) is 5.63. The largest absolute Gasteiger partial charge is 0.397 e. The fourth-order valence-corrected chi connectivity index (χ4v) is 3.93. The molecule has 0 aliphatic heterocycles. The summed E-state index contributed by atoms with van der Waals surface area (Å²) in [6.07, 6.45) is 0. The second-order valence-electron chi connectivity index (χ2n) is 6.57. The van der Waals surface area contributed by atoms with Crippen LogP contribution >= 0.6 is 11.3 Å². The van der Waals surface area contributed by atoms with E-state index in [-0.39, 0.29) is 11.7 Å². The highest BCUT2D eigenvalue weighted by molar-refractivity contribution is 7.21. The molecule has 2 heterocycles. The summed E-state index contributed by atoms with van der Waals surface area (Å²) in [5, 5.41) is 3.60. The first-order valence-electron chi connectivity index (χ1n) is 8.80. The van der Waals surface area contributed by atoms with Crippen LogP contribution in [0.5, 0.6) is 0 Å². The van der Waals surface area contributed by atoms with Gasteiger partial charge in [-0.3, -0.25) is 4.79 Å². The maximum atomic E-state index is 13.0. The Balaban J connectivity index is 1.58. The number of nitrogens with one attached hydrogen (secondary N) is 1. The van der Waals surface area contributed by atoms with Crippen LogP contribution in [0.25, 0.3) is 21.5 Å². The molecule has 0 bridgehead atoms. The highest BCUT2D eigenvalue weighted by Gasteiger charge is 2.17. The Labute approximate surface area is 165 Å². The summed E-state index contributed by atoms with van der Waals surface area (Å²) in [5.41, 5.74) is 10.5. The molecule has 2 aromatic heterocycles. The van der Waals surface area contributed by atoms with Gasteiger partial charge in [0.05, 0.1) is 11.4 Å². The van der Waals surface area contributed by atoms with Crippen molar-refractivity contribution < 1.29 is 9.18 Å². The van der Waals surface area contributed by atoms with Gasteiger partial charge in [0.25, 0.3) is 5.91 Å². The van der Waals surface area contributed by atoms with Gasteiger partial charge in [-0.2, -0.15) is 0 Å². The number of carbonyl (C=O) groups excluding carboxylic acids is 1. The fourth-order valence-electron chi connectivity index (χ4n) is 2.92. The van der Waals surface area contributed by atoms with Crippen LogP contribution < -0.4 is 11.1 Å². The molecule has 0 saturated carbocycles. The van der Waals surface area contributed by atoms with E-state index in [0.717, 1.165) is 27.0 Å². The molecule has 0 radical (unpaired) electrons. The molecule has 140 valence electrons. The van der Waals surface area contributed by atoms with E-state index in [1.807, 2.05) is 43.3 Å². The second-order valence-corrected chi connectivity index (χ2v) is 7.57. The SMILES string of the molecule is Cc1ccc(-c2ccc3c(N)c(C(=O)NCc4ccc(F)cc4)sc3n2)cc1. The molecular weight excluding hydrogens is 373 g/mol. The summed E-state index contributed by atoms with van der Waals surface area (Å²) in [6.45, 7) is 2.34. The molecule has 3 N–H and O–H groups in total. The smallest absolute Gasteiger partial charge is 0.263 e. The Hall–Kier alpha value is -3.25. The molecule has 0 saturated heterocycles. The van der Waals surface area contributed by atoms with Crippen LogP contribution in [-0.4, -0.2) is 10.9 Å². The Kier molecular flexibility index (Phi) is 4.79. The van der Waals surface area contributed by atoms with Crippen molar-refractivity contribution in [1.82, 2.24) is 10.3 Å². The lowest BCUT2D eigenvalue weighted by Crippen LogP contribution is -2.22. The van der Waals surface area contributed by atoms with E-state index in [2.05, 4.69) is 10.3 Å². The number of thiophene rings is 1. The quantitative estimate of drug-likeness (QED) is 0.519. The zero-order chi connectivity index (χ0) is 19.7. The number of nitrogens with zero attached hydrogens (tertiary/aromatic N) is 1. The third kappa shape index (κ3) is 3.59. The van der Waals surface area contributed by atoms with Crippen molar-refractivity contribution in [2.75, 3.05) is 5.73 Å². The molecule has 0 aliphatic carbocycles. The molecule has 1 amide bonds. The Morgan fingerprint density at radius 3 is 2.50 bits per heavy atom. The number of amides is 1. The van der Waals surface area contributed by atoms with E-state index in [4.69, 9.17) is 5.73 Å². The summed E-state index contributed by atoms with van der Waals surface area (Å²) in [5.74, 6) is -0.569. The highest BCUT2D eigenvalue weighted by atomic mass is 32.1. The van der Waals surface area contributed by atoms with Crippen molar-refractivity contribution >= 4 is 33.1 Å².